The summed E-state index contributed by atoms with van der Waals surface area (Å²) in [7, 11) is 3.56. The Morgan fingerprint density at radius 3 is 2.69 bits per heavy atom. The van der Waals surface area contributed by atoms with E-state index in [1.807, 2.05) is 36.4 Å². The van der Waals surface area contributed by atoms with Crippen molar-refractivity contribution >= 4 is 17.0 Å². The molecular formula is C19H18N6O. The first-order chi connectivity index (χ1) is 12.6. The van der Waals surface area contributed by atoms with Gasteiger partial charge < -0.3 is 5.32 Å². The molecule has 0 atom stereocenters. The maximum atomic E-state index is 12.0. The van der Waals surface area contributed by atoms with Crippen LogP contribution in [0.2, 0.25) is 0 Å². The number of aromatic nitrogens is 5. The lowest BCUT2D eigenvalue weighted by atomic mass is 10.2. The molecule has 0 spiro atoms. The van der Waals surface area contributed by atoms with E-state index in [9.17, 15) is 4.79 Å². The number of hydrogen-bond acceptors (Lipinski definition) is 5. The lowest BCUT2D eigenvalue weighted by Crippen LogP contribution is -2.19. The third-order valence-corrected chi connectivity index (χ3v) is 4.40. The molecule has 0 aliphatic heterocycles. The molecule has 0 aliphatic carbocycles. The van der Waals surface area contributed by atoms with E-state index in [0.717, 1.165) is 27.9 Å². The maximum absolute atomic E-state index is 12.0. The van der Waals surface area contributed by atoms with Gasteiger partial charge in [0, 0.05) is 44.8 Å². The second-order valence-corrected chi connectivity index (χ2v) is 6.08. The van der Waals surface area contributed by atoms with Crippen molar-refractivity contribution in [2.24, 2.45) is 14.1 Å². The highest BCUT2D eigenvalue weighted by Gasteiger charge is 2.08. The number of benzene rings is 1. The van der Waals surface area contributed by atoms with Crippen LogP contribution < -0.4 is 11.0 Å². The summed E-state index contributed by atoms with van der Waals surface area (Å²) in [6.07, 6.45) is 5.23. The molecule has 1 N–H and O–H groups in total. The lowest BCUT2D eigenvalue weighted by molar-refractivity contribution is 0.795. The molecule has 0 saturated carbocycles. The zero-order chi connectivity index (χ0) is 18.1. The molecule has 4 aromatic rings. The first-order valence-electron chi connectivity index (χ1n) is 8.25. The van der Waals surface area contributed by atoms with Gasteiger partial charge in [-0.1, -0.05) is 6.07 Å². The fourth-order valence-corrected chi connectivity index (χ4v) is 2.96. The predicted octanol–water partition coefficient (Wildman–Crippen LogP) is 2.34. The Labute approximate surface area is 150 Å². The number of imidazole rings is 1. The molecule has 0 radical (unpaired) electrons. The molecule has 7 heteroatoms. The van der Waals surface area contributed by atoms with Crippen LogP contribution in [0.3, 0.4) is 0 Å². The summed E-state index contributed by atoms with van der Waals surface area (Å²) in [5.41, 5.74) is 4.60. The number of aryl methyl sites for hydroxylation is 2. The predicted molar refractivity (Wildman–Crippen MR) is 101 cm³/mol. The smallest absolute Gasteiger partial charge is 0.328 e. The van der Waals surface area contributed by atoms with Crippen molar-refractivity contribution in [2.75, 3.05) is 5.32 Å². The molecule has 0 bridgehead atoms. The molecule has 1 aromatic carbocycles. The van der Waals surface area contributed by atoms with Crippen molar-refractivity contribution < 1.29 is 0 Å². The van der Waals surface area contributed by atoms with Gasteiger partial charge in [0.1, 0.15) is 0 Å². The number of pyridine rings is 1. The minimum Gasteiger partial charge on any atom is -0.350 e. The monoisotopic (exact) mass is 346 g/mol. The minimum absolute atomic E-state index is 0.0300. The SMILES string of the molecule is Cn1c(=O)n(C)c2cc(CNc3nccc(-c4cccnc4)n3)ccc21. The van der Waals surface area contributed by atoms with Crippen LogP contribution in [0.25, 0.3) is 22.3 Å². The molecule has 26 heavy (non-hydrogen) atoms. The molecule has 3 aromatic heterocycles. The molecule has 0 amide bonds. The van der Waals surface area contributed by atoms with Gasteiger partial charge in [0.15, 0.2) is 0 Å². The summed E-state index contributed by atoms with van der Waals surface area (Å²) in [4.78, 5) is 25.0. The average Bonchev–Trinajstić information content (AvgIpc) is 2.91. The maximum Gasteiger partial charge on any atom is 0.328 e. The van der Waals surface area contributed by atoms with Gasteiger partial charge >= 0.3 is 5.69 Å². The third kappa shape index (κ3) is 2.83. The summed E-state index contributed by atoms with van der Waals surface area (Å²) in [6.45, 7) is 0.565. The van der Waals surface area contributed by atoms with E-state index in [4.69, 9.17) is 0 Å². The molecular weight excluding hydrogens is 328 g/mol. The number of nitrogens with one attached hydrogen (secondary N) is 1. The molecule has 0 fully saturated rings. The van der Waals surface area contributed by atoms with Gasteiger partial charge in [-0.3, -0.25) is 14.1 Å². The Balaban J connectivity index is 1.57. The van der Waals surface area contributed by atoms with Crippen molar-refractivity contribution in [3.63, 3.8) is 0 Å². The zero-order valence-electron chi connectivity index (χ0n) is 14.5. The highest BCUT2D eigenvalue weighted by atomic mass is 16.1. The van der Waals surface area contributed by atoms with Gasteiger partial charge in [0.2, 0.25) is 5.95 Å². The number of hydrogen-bond donors (Lipinski definition) is 1. The first kappa shape index (κ1) is 16.0. The highest BCUT2D eigenvalue weighted by molar-refractivity contribution is 5.76. The third-order valence-electron chi connectivity index (χ3n) is 4.40. The van der Waals surface area contributed by atoms with Crippen molar-refractivity contribution in [1.82, 2.24) is 24.1 Å². The van der Waals surface area contributed by atoms with E-state index in [-0.39, 0.29) is 5.69 Å². The van der Waals surface area contributed by atoms with Crippen LogP contribution in [-0.2, 0) is 20.6 Å². The Morgan fingerprint density at radius 2 is 1.88 bits per heavy atom. The van der Waals surface area contributed by atoms with E-state index in [0.29, 0.717) is 12.5 Å². The number of fused-ring (bicyclic) bond motifs is 1. The van der Waals surface area contributed by atoms with Crippen molar-refractivity contribution in [2.45, 2.75) is 6.54 Å². The van der Waals surface area contributed by atoms with Crippen LogP contribution in [0.4, 0.5) is 5.95 Å². The van der Waals surface area contributed by atoms with Gasteiger partial charge in [-0.05, 0) is 35.9 Å². The average molecular weight is 346 g/mol. The van der Waals surface area contributed by atoms with Crippen LogP contribution in [0.5, 0.6) is 0 Å². The Hall–Kier alpha value is -3.48. The molecule has 0 saturated heterocycles. The van der Waals surface area contributed by atoms with E-state index >= 15 is 0 Å². The molecule has 0 aliphatic rings. The fourth-order valence-electron chi connectivity index (χ4n) is 2.96. The Morgan fingerprint density at radius 1 is 1.04 bits per heavy atom. The molecule has 0 unspecified atom stereocenters. The summed E-state index contributed by atoms with van der Waals surface area (Å²) >= 11 is 0. The van der Waals surface area contributed by atoms with Crippen LogP contribution in [0.1, 0.15) is 5.56 Å². The standard InChI is InChI=1S/C19H18N6O/c1-24-16-6-5-13(10-17(16)25(2)19(24)26)11-22-18-21-9-7-15(23-18)14-4-3-8-20-12-14/h3-10,12H,11H2,1-2H3,(H,21,22,23). The van der Waals surface area contributed by atoms with Gasteiger partial charge in [0.05, 0.1) is 16.7 Å². The van der Waals surface area contributed by atoms with Crippen LogP contribution >= 0.6 is 0 Å². The van der Waals surface area contributed by atoms with E-state index in [2.05, 4.69) is 20.3 Å². The minimum atomic E-state index is -0.0300. The largest absolute Gasteiger partial charge is 0.350 e. The molecule has 4 rings (SSSR count). The summed E-state index contributed by atoms with van der Waals surface area (Å²) < 4.78 is 3.30. The van der Waals surface area contributed by atoms with E-state index < -0.39 is 0 Å². The van der Waals surface area contributed by atoms with Crippen LogP contribution in [0.15, 0.2) is 59.8 Å². The number of nitrogens with zero attached hydrogens (tertiary/aromatic N) is 5. The zero-order valence-corrected chi connectivity index (χ0v) is 14.5. The van der Waals surface area contributed by atoms with Gasteiger partial charge in [-0.2, -0.15) is 0 Å². The topological polar surface area (TPSA) is 77.6 Å². The first-order valence-corrected chi connectivity index (χ1v) is 8.25. The van der Waals surface area contributed by atoms with Crippen LogP contribution in [-0.4, -0.2) is 24.1 Å². The summed E-state index contributed by atoms with van der Waals surface area (Å²) in [6, 6.07) is 11.7. The van der Waals surface area contributed by atoms with Gasteiger partial charge in [-0.25, -0.2) is 14.8 Å². The lowest BCUT2D eigenvalue weighted by Gasteiger charge is -2.07. The Bertz CT molecular complexity index is 1130. The second-order valence-electron chi connectivity index (χ2n) is 6.08. The number of anilines is 1. The summed E-state index contributed by atoms with van der Waals surface area (Å²) in [5.74, 6) is 0.549. The van der Waals surface area contributed by atoms with Crippen molar-refractivity contribution in [1.29, 1.82) is 0 Å². The Kier molecular flexibility index (Phi) is 3.96. The summed E-state index contributed by atoms with van der Waals surface area (Å²) in [5, 5.41) is 3.24. The number of rotatable bonds is 4. The molecule has 3 heterocycles. The van der Waals surface area contributed by atoms with E-state index in [1.165, 1.54) is 0 Å². The molecule has 7 nitrogen and oxygen atoms in total. The van der Waals surface area contributed by atoms with Crippen molar-refractivity contribution in [3.8, 4) is 11.3 Å². The highest BCUT2D eigenvalue weighted by Crippen LogP contribution is 2.17. The van der Waals surface area contributed by atoms with E-state index in [1.54, 1.807) is 41.8 Å². The van der Waals surface area contributed by atoms with Crippen LogP contribution in [0, 0.1) is 0 Å². The van der Waals surface area contributed by atoms with Crippen molar-refractivity contribution in [3.05, 3.63) is 71.0 Å². The quantitative estimate of drug-likeness (QED) is 0.614. The normalized spacial score (nSPS) is 11.0. The van der Waals surface area contributed by atoms with Gasteiger partial charge in [-0.15, -0.1) is 0 Å². The fraction of sp³-hybridized carbons (Fsp3) is 0.158. The molecule has 130 valence electrons. The van der Waals surface area contributed by atoms with Gasteiger partial charge in [0.25, 0.3) is 0 Å². The second kappa shape index (κ2) is 6.44.